The summed E-state index contributed by atoms with van der Waals surface area (Å²) in [7, 11) is 0. The van der Waals surface area contributed by atoms with Gasteiger partial charge in [0.1, 0.15) is 0 Å². The zero-order valence-electron chi connectivity index (χ0n) is 12.5. The number of fused-ring (bicyclic) bond motifs is 1. The second-order valence-electron chi connectivity index (χ2n) is 5.06. The molecule has 0 fully saturated rings. The summed E-state index contributed by atoms with van der Waals surface area (Å²) in [4.78, 5) is 27.7. The highest BCUT2D eigenvalue weighted by Crippen LogP contribution is 2.13. The zero-order valence-corrected chi connectivity index (χ0v) is 13.3. The topological polar surface area (TPSA) is 66.9 Å². The first-order valence-corrected chi connectivity index (χ1v) is 7.64. The van der Waals surface area contributed by atoms with Crippen molar-refractivity contribution in [2.24, 2.45) is 0 Å². The molecule has 0 bridgehead atoms. The number of carbonyl (C=O) groups is 1. The normalized spacial score (nSPS) is 10.7. The third kappa shape index (κ3) is 2.93. The van der Waals surface area contributed by atoms with Crippen LogP contribution in [0, 0.1) is 4.77 Å². The molecule has 0 aliphatic rings. The molecule has 0 unspecified atom stereocenters. The van der Waals surface area contributed by atoms with E-state index in [1.54, 1.807) is 18.2 Å². The second-order valence-corrected chi connectivity index (χ2v) is 5.45. The molecule has 0 radical (unpaired) electrons. The van der Waals surface area contributed by atoms with E-state index in [1.165, 1.54) is 4.57 Å². The van der Waals surface area contributed by atoms with Crippen molar-refractivity contribution >= 4 is 34.7 Å². The average molecular weight is 325 g/mol. The van der Waals surface area contributed by atoms with E-state index in [0.717, 1.165) is 0 Å². The zero-order chi connectivity index (χ0) is 16.4. The van der Waals surface area contributed by atoms with E-state index in [4.69, 9.17) is 12.2 Å². The van der Waals surface area contributed by atoms with Crippen LogP contribution < -0.4 is 10.9 Å². The molecule has 0 aliphatic carbocycles. The molecule has 6 heteroatoms. The van der Waals surface area contributed by atoms with E-state index in [9.17, 15) is 9.59 Å². The van der Waals surface area contributed by atoms with Crippen LogP contribution in [0.3, 0.4) is 0 Å². The Labute approximate surface area is 137 Å². The first-order valence-electron chi connectivity index (χ1n) is 7.23. The Bertz CT molecular complexity index is 990. The molecule has 3 aromatic rings. The first-order chi connectivity index (χ1) is 11.1. The molecule has 2 N–H and O–H groups in total. The number of rotatable bonds is 3. The van der Waals surface area contributed by atoms with Gasteiger partial charge in [0.2, 0.25) is 0 Å². The molecule has 0 spiro atoms. The van der Waals surface area contributed by atoms with E-state index in [0.29, 0.717) is 33.5 Å². The quantitative estimate of drug-likeness (QED) is 0.726. The van der Waals surface area contributed by atoms with Crippen molar-refractivity contribution < 1.29 is 4.79 Å². The molecule has 23 heavy (non-hydrogen) atoms. The fourth-order valence-corrected chi connectivity index (χ4v) is 2.73. The number of benzene rings is 2. The lowest BCUT2D eigenvalue weighted by molar-refractivity contribution is 0.102. The van der Waals surface area contributed by atoms with Gasteiger partial charge in [-0.2, -0.15) is 0 Å². The van der Waals surface area contributed by atoms with Crippen molar-refractivity contribution in [2.45, 2.75) is 13.5 Å². The van der Waals surface area contributed by atoms with Gasteiger partial charge in [0, 0.05) is 17.8 Å². The van der Waals surface area contributed by atoms with Crippen molar-refractivity contribution in [1.29, 1.82) is 0 Å². The lowest BCUT2D eigenvalue weighted by Gasteiger charge is -2.08. The molecule has 0 aliphatic heterocycles. The summed E-state index contributed by atoms with van der Waals surface area (Å²) in [6.45, 7) is 2.36. The van der Waals surface area contributed by atoms with Crippen LogP contribution in [0.15, 0.2) is 53.3 Å². The van der Waals surface area contributed by atoms with Gasteiger partial charge in [-0.15, -0.1) is 0 Å². The van der Waals surface area contributed by atoms with Gasteiger partial charge in [-0.05, 0) is 49.5 Å². The molecule has 2 aromatic carbocycles. The number of aromatic amines is 1. The van der Waals surface area contributed by atoms with Gasteiger partial charge in [-0.3, -0.25) is 14.2 Å². The van der Waals surface area contributed by atoms with Gasteiger partial charge in [0.25, 0.3) is 11.5 Å². The Kier molecular flexibility index (Phi) is 4.08. The molecule has 1 heterocycles. The summed E-state index contributed by atoms with van der Waals surface area (Å²) < 4.78 is 1.84. The van der Waals surface area contributed by atoms with Crippen LogP contribution in [0.25, 0.3) is 10.9 Å². The van der Waals surface area contributed by atoms with Crippen molar-refractivity contribution in [1.82, 2.24) is 9.55 Å². The summed E-state index contributed by atoms with van der Waals surface area (Å²) in [5.41, 5.74) is 1.58. The maximum Gasteiger partial charge on any atom is 0.262 e. The molecular formula is C17H15N3O2S. The molecule has 1 aromatic heterocycles. The molecule has 3 rings (SSSR count). The number of hydrogen-bond acceptors (Lipinski definition) is 3. The number of H-pyrrole nitrogens is 1. The summed E-state index contributed by atoms with van der Waals surface area (Å²) in [5.74, 6) is -0.239. The maximum absolute atomic E-state index is 12.3. The minimum atomic E-state index is -0.239. The van der Waals surface area contributed by atoms with Crippen molar-refractivity contribution in [2.75, 3.05) is 5.32 Å². The van der Waals surface area contributed by atoms with E-state index < -0.39 is 0 Å². The molecule has 5 nitrogen and oxygen atoms in total. The van der Waals surface area contributed by atoms with Gasteiger partial charge in [-0.1, -0.05) is 18.2 Å². The SMILES string of the molecule is CCn1c(=S)[nH]c2cc(C(=O)Nc3ccccc3)ccc2c1=O. The predicted molar refractivity (Wildman–Crippen MR) is 93.5 cm³/mol. The van der Waals surface area contributed by atoms with E-state index in [-0.39, 0.29) is 11.5 Å². The molecular weight excluding hydrogens is 310 g/mol. The van der Waals surface area contributed by atoms with Crippen LogP contribution in [0.5, 0.6) is 0 Å². The number of amides is 1. The first kappa shape index (κ1) is 15.2. The Morgan fingerprint density at radius 3 is 2.65 bits per heavy atom. The molecule has 1 amide bonds. The molecule has 116 valence electrons. The van der Waals surface area contributed by atoms with Crippen LogP contribution >= 0.6 is 12.2 Å². The van der Waals surface area contributed by atoms with Gasteiger partial charge >= 0.3 is 0 Å². The standard InChI is InChI=1S/C17H15N3O2S/c1-2-20-16(22)13-9-8-11(10-14(13)19-17(20)23)15(21)18-12-6-4-3-5-7-12/h3-10H,2H2,1H3,(H,18,21)(H,19,23). The van der Waals surface area contributed by atoms with Crippen molar-refractivity contribution in [3.8, 4) is 0 Å². The summed E-state index contributed by atoms with van der Waals surface area (Å²) >= 11 is 5.19. The molecule has 0 saturated carbocycles. The highest BCUT2D eigenvalue weighted by Gasteiger charge is 2.10. The summed E-state index contributed by atoms with van der Waals surface area (Å²) in [5, 5.41) is 3.32. The van der Waals surface area contributed by atoms with Crippen LogP contribution in [-0.2, 0) is 6.54 Å². The van der Waals surface area contributed by atoms with Gasteiger partial charge in [0.15, 0.2) is 4.77 Å². The number of nitrogens with one attached hydrogen (secondary N) is 2. The Morgan fingerprint density at radius 1 is 1.22 bits per heavy atom. The number of aromatic nitrogens is 2. The highest BCUT2D eigenvalue weighted by molar-refractivity contribution is 7.71. The minimum absolute atomic E-state index is 0.152. The Hall–Kier alpha value is -2.73. The van der Waals surface area contributed by atoms with Crippen molar-refractivity contribution in [3.05, 3.63) is 69.2 Å². The van der Waals surface area contributed by atoms with Crippen LogP contribution in [0.4, 0.5) is 5.69 Å². The van der Waals surface area contributed by atoms with Gasteiger partial charge in [-0.25, -0.2) is 0 Å². The highest BCUT2D eigenvalue weighted by atomic mass is 32.1. The number of carbonyl (C=O) groups excluding carboxylic acids is 1. The molecule has 0 atom stereocenters. The Balaban J connectivity index is 2.02. The van der Waals surface area contributed by atoms with Crippen LogP contribution in [0.1, 0.15) is 17.3 Å². The summed E-state index contributed by atoms with van der Waals surface area (Å²) in [6.07, 6.45) is 0. The largest absolute Gasteiger partial charge is 0.332 e. The lowest BCUT2D eigenvalue weighted by atomic mass is 10.1. The summed E-state index contributed by atoms with van der Waals surface area (Å²) in [6, 6.07) is 14.1. The second kappa shape index (κ2) is 6.18. The third-order valence-corrected chi connectivity index (χ3v) is 3.91. The number of anilines is 1. The van der Waals surface area contributed by atoms with Crippen LogP contribution in [0.2, 0.25) is 0 Å². The van der Waals surface area contributed by atoms with Gasteiger partial charge in [0.05, 0.1) is 10.9 Å². The van der Waals surface area contributed by atoms with Crippen molar-refractivity contribution in [3.63, 3.8) is 0 Å². The molecule has 0 saturated heterocycles. The fourth-order valence-electron chi connectivity index (χ4n) is 2.41. The monoisotopic (exact) mass is 325 g/mol. The Morgan fingerprint density at radius 2 is 1.96 bits per heavy atom. The van der Waals surface area contributed by atoms with Crippen LogP contribution in [-0.4, -0.2) is 15.5 Å². The van der Waals surface area contributed by atoms with E-state index >= 15 is 0 Å². The van der Waals surface area contributed by atoms with Gasteiger partial charge < -0.3 is 10.3 Å². The minimum Gasteiger partial charge on any atom is -0.332 e. The average Bonchev–Trinajstić information content (AvgIpc) is 2.55. The number of para-hydroxylation sites is 1. The predicted octanol–water partition coefficient (Wildman–Crippen LogP) is 3.33. The van der Waals surface area contributed by atoms with E-state index in [1.807, 2.05) is 37.3 Å². The number of hydrogen-bond donors (Lipinski definition) is 2. The third-order valence-electron chi connectivity index (χ3n) is 3.59. The fraction of sp³-hybridized carbons (Fsp3) is 0.118. The lowest BCUT2D eigenvalue weighted by Crippen LogP contribution is -2.21. The smallest absolute Gasteiger partial charge is 0.262 e. The van der Waals surface area contributed by atoms with E-state index in [2.05, 4.69) is 10.3 Å². The number of nitrogens with zero attached hydrogens (tertiary/aromatic N) is 1. The maximum atomic E-state index is 12.3.